The number of oxazole rings is 1. The molecule has 0 saturated carbocycles. The number of piperidine rings is 1. The minimum absolute atomic E-state index is 0.233. The van der Waals surface area contributed by atoms with Crippen molar-refractivity contribution in [3.63, 3.8) is 0 Å². The molecule has 0 unspecified atom stereocenters. The van der Waals surface area contributed by atoms with Crippen molar-refractivity contribution < 1.29 is 14.3 Å². The molecule has 2 aromatic rings. The number of hydrogen-bond acceptors (Lipinski definition) is 4. The summed E-state index contributed by atoms with van der Waals surface area (Å²) < 4.78 is 5.75. The first-order valence-electron chi connectivity index (χ1n) is 6.48. The maximum Gasteiger partial charge on any atom is 0.306 e. The fourth-order valence-corrected chi connectivity index (χ4v) is 2.47. The molecule has 1 fully saturated rings. The number of carbonyl (C=O) groups is 1. The first-order valence-corrected chi connectivity index (χ1v) is 6.48. The molecule has 5 nitrogen and oxygen atoms in total. The fourth-order valence-electron chi connectivity index (χ4n) is 2.47. The zero-order valence-corrected chi connectivity index (χ0v) is 10.8. The van der Waals surface area contributed by atoms with E-state index in [0.717, 1.165) is 16.7 Å². The van der Waals surface area contributed by atoms with Gasteiger partial charge in [0.25, 0.3) is 6.01 Å². The highest BCUT2D eigenvalue weighted by molar-refractivity contribution is 5.75. The highest BCUT2D eigenvalue weighted by Crippen LogP contribution is 2.26. The van der Waals surface area contributed by atoms with Crippen molar-refractivity contribution in [1.29, 1.82) is 0 Å². The molecular weight excluding hydrogens is 244 g/mol. The first-order chi connectivity index (χ1) is 9.13. The number of rotatable bonds is 2. The second-order valence-electron chi connectivity index (χ2n) is 5.07. The highest BCUT2D eigenvalue weighted by Gasteiger charge is 2.26. The third kappa shape index (κ3) is 2.28. The van der Waals surface area contributed by atoms with Gasteiger partial charge >= 0.3 is 5.97 Å². The smallest absolute Gasteiger partial charge is 0.306 e. The Morgan fingerprint density at radius 2 is 2.16 bits per heavy atom. The summed E-state index contributed by atoms with van der Waals surface area (Å²) >= 11 is 0. The topological polar surface area (TPSA) is 66.6 Å². The average molecular weight is 260 g/mol. The molecule has 0 bridgehead atoms. The zero-order chi connectivity index (χ0) is 13.4. The van der Waals surface area contributed by atoms with Crippen molar-refractivity contribution in [3.8, 4) is 0 Å². The largest absolute Gasteiger partial charge is 0.481 e. The van der Waals surface area contributed by atoms with Crippen LogP contribution in [0.4, 0.5) is 6.01 Å². The van der Waals surface area contributed by atoms with Gasteiger partial charge in [-0.25, -0.2) is 0 Å². The van der Waals surface area contributed by atoms with Crippen molar-refractivity contribution in [2.75, 3.05) is 18.0 Å². The first kappa shape index (κ1) is 12.0. The molecule has 1 aromatic heterocycles. The van der Waals surface area contributed by atoms with E-state index in [1.807, 2.05) is 30.0 Å². The molecule has 1 aromatic carbocycles. The van der Waals surface area contributed by atoms with Gasteiger partial charge in [-0.05, 0) is 37.5 Å². The predicted octanol–water partition coefficient (Wildman–Crippen LogP) is 2.44. The fraction of sp³-hybridized carbons (Fsp3) is 0.429. The summed E-state index contributed by atoms with van der Waals surface area (Å²) in [4.78, 5) is 17.4. The molecule has 2 heterocycles. The minimum atomic E-state index is -0.701. The number of aliphatic carboxylic acids is 1. The molecule has 1 aliphatic heterocycles. The van der Waals surface area contributed by atoms with E-state index in [1.165, 1.54) is 0 Å². The quantitative estimate of drug-likeness (QED) is 0.898. The second kappa shape index (κ2) is 4.57. The number of carboxylic acid groups (broad SMARTS) is 1. The lowest BCUT2D eigenvalue weighted by atomic mass is 9.97. The lowest BCUT2D eigenvalue weighted by Gasteiger charge is -2.28. The van der Waals surface area contributed by atoms with E-state index in [9.17, 15) is 4.79 Å². The molecule has 1 saturated heterocycles. The highest BCUT2D eigenvalue weighted by atomic mass is 16.4. The minimum Gasteiger partial charge on any atom is -0.481 e. The Labute approximate surface area is 110 Å². The number of nitrogens with zero attached hydrogens (tertiary/aromatic N) is 2. The van der Waals surface area contributed by atoms with Crippen LogP contribution in [0.5, 0.6) is 0 Å². The van der Waals surface area contributed by atoms with Crippen LogP contribution in [0.15, 0.2) is 22.6 Å². The number of hydrogen-bond donors (Lipinski definition) is 1. The average Bonchev–Trinajstić information content (AvgIpc) is 2.81. The summed E-state index contributed by atoms with van der Waals surface area (Å²) in [6, 6.07) is 6.52. The zero-order valence-electron chi connectivity index (χ0n) is 10.8. The molecule has 3 rings (SSSR count). The molecule has 0 atom stereocenters. The lowest BCUT2D eigenvalue weighted by molar-refractivity contribution is -0.142. The molecule has 100 valence electrons. The molecule has 1 N–H and O–H groups in total. The van der Waals surface area contributed by atoms with Crippen LogP contribution in [0.1, 0.15) is 18.4 Å². The Morgan fingerprint density at radius 3 is 2.84 bits per heavy atom. The summed E-state index contributed by atoms with van der Waals surface area (Å²) in [5.41, 5.74) is 2.77. The maximum atomic E-state index is 10.9. The van der Waals surface area contributed by atoms with E-state index in [-0.39, 0.29) is 5.92 Å². The Balaban J connectivity index is 1.80. The summed E-state index contributed by atoms with van der Waals surface area (Å²) in [6.07, 6.45) is 1.29. The molecule has 0 amide bonds. The molecule has 19 heavy (non-hydrogen) atoms. The Kier molecular flexibility index (Phi) is 2.89. The van der Waals surface area contributed by atoms with Crippen LogP contribution in [0.2, 0.25) is 0 Å². The number of anilines is 1. The molecule has 1 aliphatic rings. The third-order valence-corrected chi connectivity index (χ3v) is 3.65. The number of carboxylic acids is 1. The number of aryl methyl sites for hydroxylation is 1. The van der Waals surface area contributed by atoms with E-state index in [2.05, 4.69) is 4.98 Å². The van der Waals surface area contributed by atoms with Crippen LogP contribution >= 0.6 is 0 Å². The van der Waals surface area contributed by atoms with Crippen molar-refractivity contribution in [1.82, 2.24) is 4.98 Å². The van der Waals surface area contributed by atoms with Gasteiger partial charge in [-0.3, -0.25) is 4.79 Å². The summed E-state index contributed by atoms with van der Waals surface area (Å²) in [5.74, 6) is -0.935. The van der Waals surface area contributed by atoms with Gasteiger partial charge in [-0.2, -0.15) is 4.98 Å². The number of benzene rings is 1. The Hall–Kier alpha value is -2.04. The third-order valence-electron chi connectivity index (χ3n) is 3.65. The van der Waals surface area contributed by atoms with Crippen LogP contribution in [0.25, 0.3) is 11.1 Å². The molecule has 5 heteroatoms. The van der Waals surface area contributed by atoms with Crippen molar-refractivity contribution in [2.45, 2.75) is 19.8 Å². The van der Waals surface area contributed by atoms with Gasteiger partial charge in [0.15, 0.2) is 5.58 Å². The van der Waals surface area contributed by atoms with Crippen LogP contribution in [0.3, 0.4) is 0 Å². The van der Waals surface area contributed by atoms with Gasteiger partial charge < -0.3 is 14.4 Å². The lowest BCUT2D eigenvalue weighted by Crippen LogP contribution is -2.36. The van der Waals surface area contributed by atoms with Gasteiger partial charge in [0.1, 0.15) is 5.52 Å². The van der Waals surface area contributed by atoms with Crippen molar-refractivity contribution >= 4 is 23.1 Å². The molecule has 0 radical (unpaired) electrons. The van der Waals surface area contributed by atoms with Crippen LogP contribution in [0, 0.1) is 12.8 Å². The maximum absolute atomic E-state index is 10.9. The molecule has 0 aliphatic carbocycles. The van der Waals surface area contributed by atoms with Crippen LogP contribution in [-0.4, -0.2) is 29.1 Å². The predicted molar refractivity (Wildman–Crippen MR) is 71.3 cm³/mol. The summed E-state index contributed by atoms with van der Waals surface area (Å²) in [7, 11) is 0. The second-order valence-corrected chi connectivity index (χ2v) is 5.07. The van der Waals surface area contributed by atoms with E-state index in [4.69, 9.17) is 9.52 Å². The van der Waals surface area contributed by atoms with Gasteiger partial charge in [0, 0.05) is 13.1 Å². The Bertz CT molecular complexity index is 612. The van der Waals surface area contributed by atoms with Crippen molar-refractivity contribution in [3.05, 3.63) is 23.8 Å². The van der Waals surface area contributed by atoms with Crippen LogP contribution < -0.4 is 4.90 Å². The van der Waals surface area contributed by atoms with E-state index in [0.29, 0.717) is 31.9 Å². The number of fused-ring (bicyclic) bond motifs is 1. The van der Waals surface area contributed by atoms with E-state index >= 15 is 0 Å². The van der Waals surface area contributed by atoms with Gasteiger partial charge in [0.2, 0.25) is 0 Å². The van der Waals surface area contributed by atoms with E-state index < -0.39 is 5.97 Å². The Morgan fingerprint density at radius 1 is 1.42 bits per heavy atom. The van der Waals surface area contributed by atoms with E-state index in [1.54, 1.807) is 0 Å². The summed E-state index contributed by atoms with van der Waals surface area (Å²) in [6.45, 7) is 3.38. The van der Waals surface area contributed by atoms with Gasteiger partial charge in [-0.1, -0.05) is 6.07 Å². The molecule has 0 spiro atoms. The standard InChI is InChI=1S/C14H16N2O3/c1-9-2-3-11-12(8-9)19-14(15-11)16-6-4-10(5-7-16)13(17)18/h2-3,8,10H,4-7H2,1H3,(H,17,18). The SMILES string of the molecule is Cc1ccc2nc(N3CCC(C(=O)O)CC3)oc2c1. The molecular formula is C14H16N2O3. The number of aromatic nitrogens is 1. The van der Waals surface area contributed by atoms with Crippen molar-refractivity contribution in [2.24, 2.45) is 5.92 Å². The monoisotopic (exact) mass is 260 g/mol. The normalized spacial score (nSPS) is 17.0. The van der Waals surface area contributed by atoms with Gasteiger partial charge in [-0.15, -0.1) is 0 Å². The van der Waals surface area contributed by atoms with Crippen LogP contribution in [-0.2, 0) is 4.79 Å². The summed E-state index contributed by atoms with van der Waals surface area (Å²) in [5, 5.41) is 8.98. The van der Waals surface area contributed by atoms with Gasteiger partial charge in [0.05, 0.1) is 5.92 Å².